The number of fused-ring (bicyclic) bond motifs is 1. The van der Waals surface area contributed by atoms with Gasteiger partial charge in [0, 0.05) is 12.0 Å². The second-order valence-electron chi connectivity index (χ2n) is 11.1. The molecule has 211 valence electrons. The van der Waals surface area contributed by atoms with Crippen LogP contribution in [0.4, 0.5) is 0 Å². The standard InChI is InChI=1S/C43H33O/c1-44-40-31-35-18-14-15-25-39(35)41(34-28-26-33(27-29-34)30-32-16-6-2-7-17-32)42(40)43(36-19-8-3-9-20-36,37-21-10-4-11-22-37)38-23-12-5-13-24-38/h2-31H,1H3. The maximum atomic E-state index is 6.38. The first-order valence-corrected chi connectivity index (χ1v) is 15.1. The molecule has 0 aromatic heterocycles. The number of hydrogen-bond acceptors (Lipinski definition) is 1. The Hall–Kier alpha value is -5.40. The van der Waals surface area contributed by atoms with Crippen LogP contribution in [0.3, 0.4) is 0 Å². The molecule has 0 heterocycles. The van der Waals surface area contributed by atoms with Crippen molar-refractivity contribution in [3.8, 4) is 16.9 Å². The predicted octanol–water partition coefficient (Wildman–Crippen LogP) is 10.5. The van der Waals surface area contributed by atoms with Crippen LogP contribution in [0.15, 0.2) is 176 Å². The minimum Gasteiger partial charge on any atom is -0.496 e. The largest absolute Gasteiger partial charge is 0.496 e. The zero-order valence-electron chi connectivity index (χ0n) is 24.7. The third-order valence-electron chi connectivity index (χ3n) is 8.56. The molecular weight excluding hydrogens is 532 g/mol. The van der Waals surface area contributed by atoms with Crippen molar-refractivity contribution in [2.75, 3.05) is 7.11 Å². The lowest BCUT2D eigenvalue weighted by molar-refractivity contribution is 0.406. The number of hydrogen-bond donors (Lipinski definition) is 0. The Morgan fingerprint density at radius 1 is 0.477 bits per heavy atom. The number of ether oxygens (including phenoxy) is 1. The van der Waals surface area contributed by atoms with Crippen molar-refractivity contribution in [3.63, 3.8) is 0 Å². The van der Waals surface area contributed by atoms with Gasteiger partial charge in [-0.15, -0.1) is 0 Å². The predicted molar refractivity (Wildman–Crippen MR) is 183 cm³/mol. The summed E-state index contributed by atoms with van der Waals surface area (Å²) in [6.45, 7) is 0. The molecule has 0 unspecified atom stereocenters. The summed E-state index contributed by atoms with van der Waals surface area (Å²) >= 11 is 0. The molecule has 1 heteroatoms. The Bertz CT molecular complexity index is 1880. The smallest absolute Gasteiger partial charge is 0.124 e. The van der Waals surface area contributed by atoms with E-state index in [9.17, 15) is 0 Å². The summed E-state index contributed by atoms with van der Waals surface area (Å²) in [5.74, 6) is 0.857. The topological polar surface area (TPSA) is 9.23 Å². The van der Waals surface area contributed by atoms with Crippen LogP contribution in [0.25, 0.3) is 21.9 Å². The van der Waals surface area contributed by atoms with E-state index in [1.807, 2.05) is 6.07 Å². The maximum Gasteiger partial charge on any atom is 0.124 e. The highest BCUT2D eigenvalue weighted by atomic mass is 16.5. The second kappa shape index (κ2) is 12.1. The first-order valence-electron chi connectivity index (χ1n) is 15.1. The SMILES string of the molecule is COc1cc2ccccc2c(-c2ccc([CH]c3ccccc3)cc2)c1C(c1ccccc1)(c1ccccc1)c1ccccc1. The lowest BCUT2D eigenvalue weighted by atomic mass is 9.62. The molecule has 0 atom stereocenters. The molecule has 0 aliphatic carbocycles. The fraction of sp³-hybridized carbons (Fsp3) is 0.0465. The van der Waals surface area contributed by atoms with Crippen LogP contribution in [0.1, 0.15) is 33.4 Å². The van der Waals surface area contributed by atoms with Crippen molar-refractivity contribution in [2.24, 2.45) is 0 Å². The van der Waals surface area contributed by atoms with Gasteiger partial charge in [-0.3, -0.25) is 0 Å². The zero-order valence-corrected chi connectivity index (χ0v) is 24.7. The van der Waals surface area contributed by atoms with Crippen LogP contribution in [-0.4, -0.2) is 7.11 Å². The van der Waals surface area contributed by atoms with Gasteiger partial charge in [0.1, 0.15) is 5.75 Å². The summed E-state index contributed by atoms with van der Waals surface area (Å²) in [4.78, 5) is 0. The third-order valence-corrected chi connectivity index (χ3v) is 8.56. The second-order valence-corrected chi connectivity index (χ2v) is 11.1. The molecule has 0 spiro atoms. The van der Waals surface area contributed by atoms with Crippen LogP contribution in [0.5, 0.6) is 5.75 Å². The van der Waals surface area contributed by atoms with Crippen molar-refractivity contribution < 1.29 is 4.74 Å². The van der Waals surface area contributed by atoms with Crippen molar-refractivity contribution in [1.29, 1.82) is 0 Å². The summed E-state index contributed by atoms with van der Waals surface area (Å²) in [5, 5.41) is 2.33. The highest BCUT2D eigenvalue weighted by molar-refractivity contribution is 6.01. The van der Waals surface area contributed by atoms with E-state index < -0.39 is 5.41 Å². The van der Waals surface area contributed by atoms with Crippen molar-refractivity contribution >= 4 is 10.8 Å². The Kier molecular flexibility index (Phi) is 7.53. The summed E-state index contributed by atoms with van der Waals surface area (Å²) in [7, 11) is 1.79. The first-order chi connectivity index (χ1) is 21.8. The van der Waals surface area contributed by atoms with E-state index in [0.717, 1.165) is 27.8 Å². The van der Waals surface area contributed by atoms with Crippen LogP contribution in [0, 0.1) is 6.42 Å². The van der Waals surface area contributed by atoms with Gasteiger partial charge in [-0.1, -0.05) is 170 Å². The van der Waals surface area contributed by atoms with Gasteiger partial charge >= 0.3 is 0 Å². The van der Waals surface area contributed by atoms with Gasteiger partial charge in [-0.2, -0.15) is 0 Å². The van der Waals surface area contributed by atoms with E-state index in [0.29, 0.717) is 0 Å². The molecule has 0 aliphatic rings. The van der Waals surface area contributed by atoms with Crippen molar-refractivity contribution in [3.05, 3.63) is 216 Å². The molecule has 44 heavy (non-hydrogen) atoms. The summed E-state index contributed by atoms with van der Waals surface area (Å²) in [6, 6.07) is 62.8. The average molecular weight is 566 g/mol. The Morgan fingerprint density at radius 2 is 0.932 bits per heavy atom. The van der Waals surface area contributed by atoms with Gasteiger partial charge in [-0.25, -0.2) is 0 Å². The van der Waals surface area contributed by atoms with Crippen LogP contribution < -0.4 is 4.74 Å². The molecule has 7 aromatic rings. The molecular formula is C43H33O. The molecule has 0 saturated heterocycles. The van der Waals surface area contributed by atoms with Crippen molar-refractivity contribution in [1.82, 2.24) is 0 Å². The van der Waals surface area contributed by atoms with Gasteiger partial charge in [0.2, 0.25) is 0 Å². The lowest BCUT2D eigenvalue weighted by Crippen LogP contribution is -2.32. The van der Waals surface area contributed by atoms with Gasteiger partial charge in [0.15, 0.2) is 0 Å². The average Bonchev–Trinajstić information content (AvgIpc) is 3.10. The monoisotopic (exact) mass is 565 g/mol. The highest BCUT2D eigenvalue weighted by Gasteiger charge is 2.43. The Balaban J connectivity index is 1.59. The molecule has 0 aliphatic heterocycles. The maximum absolute atomic E-state index is 6.38. The molecule has 7 rings (SSSR count). The van der Waals surface area contributed by atoms with E-state index in [1.54, 1.807) is 7.11 Å². The van der Waals surface area contributed by atoms with E-state index in [1.165, 1.54) is 33.2 Å². The van der Waals surface area contributed by atoms with E-state index in [-0.39, 0.29) is 0 Å². The van der Waals surface area contributed by atoms with E-state index in [2.05, 4.69) is 176 Å². The van der Waals surface area contributed by atoms with E-state index in [4.69, 9.17) is 4.74 Å². The summed E-state index contributed by atoms with van der Waals surface area (Å²) < 4.78 is 6.38. The van der Waals surface area contributed by atoms with Gasteiger partial charge in [0.05, 0.1) is 12.5 Å². The molecule has 0 amide bonds. The van der Waals surface area contributed by atoms with Crippen LogP contribution >= 0.6 is 0 Å². The molecule has 1 nitrogen and oxygen atoms in total. The first kappa shape index (κ1) is 27.4. The fourth-order valence-corrected chi connectivity index (χ4v) is 6.64. The number of methoxy groups -OCH3 is 1. The highest BCUT2D eigenvalue weighted by Crippen LogP contribution is 2.53. The minimum absolute atomic E-state index is 0.663. The van der Waals surface area contributed by atoms with Crippen molar-refractivity contribution in [2.45, 2.75) is 5.41 Å². The quantitative estimate of drug-likeness (QED) is 0.167. The Morgan fingerprint density at radius 3 is 1.45 bits per heavy atom. The molecule has 1 radical (unpaired) electrons. The van der Waals surface area contributed by atoms with Gasteiger partial charge in [0.25, 0.3) is 0 Å². The number of benzene rings is 7. The molecule has 7 aromatic carbocycles. The lowest BCUT2D eigenvalue weighted by Gasteiger charge is -2.39. The summed E-state index contributed by atoms with van der Waals surface area (Å²) in [6.07, 6.45) is 2.22. The fourth-order valence-electron chi connectivity index (χ4n) is 6.64. The number of rotatable bonds is 8. The third kappa shape index (κ3) is 4.87. The van der Waals surface area contributed by atoms with Crippen LogP contribution in [0.2, 0.25) is 0 Å². The van der Waals surface area contributed by atoms with Gasteiger partial charge < -0.3 is 4.74 Å². The zero-order chi connectivity index (χ0) is 29.8. The normalized spacial score (nSPS) is 11.4. The Labute approximate surface area is 260 Å². The molecule has 0 bridgehead atoms. The van der Waals surface area contributed by atoms with Crippen LogP contribution in [-0.2, 0) is 5.41 Å². The summed E-state index contributed by atoms with van der Waals surface area (Å²) in [5.41, 5.74) is 8.67. The molecule has 0 fully saturated rings. The van der Waals surface area contributed by atoms with Gasteiger partial charge in [-0.05, 0) is 55.8 Å². The molecule has 0 N–H and O–H groups in total. The molecule has 0 saturated carbocycles. The van der Waals surface area contributed by atoms with E-state index >= 15 is 0 Å². The minimum atomic E-state index is -0.663.